The lowest BCUT2D eigenvalue weighted by molar-refractivity contribution is -0.390. The molecule has 27 heavy (non-hydrogen) atoms. The maximum absolute atomic E-state index is 12.1. The number of ether oxygens (including phenoxy) is 2. The van der Waals surface area contributed by atoms with Crippen LogP contribution in [0.4, 0.5) is 0 Å². The van der Waals surface area contributed by atoms with E-state index in [4.69, 9.17) is 24.4 Å². The van der Waals surface area contributed by atoms with E-state index in [1.807, 2.05) is 13.8 Å². The molecule has 7 nitrogen and oxygen atoms in total. The third-order valence-electron chi connectivity index (χ3n) is 7.43. The van der Waals surface area contributed by atoms with Gasteiger partial charge in [-0.2, -0.15) is 0 Å². The average Bonchev–Trinajstić information content (AvgIpc) is 2.81. The van der Waals surface area contributed by atoms with Gasteiger partial charge in [0.1, 0.15) is 17.3 Å². The zero-order chi connectivity index (χ0) is 19.4. The van der Waals surface area contributed by atoms with E-state index >= 15 is 0 Å². The Bertz CT molecular complexity index is 621. The number of carboxylic acids is 1. The van der Waals surface area contributed by atoms with Crippen LogP contribution in [0.15, 0.2) is 0 Å². The summed E-state index contributed by atoms with van der Waals surface area (Å²) >= 11 is 0. The fourth-order valence-corrected chi connectivity index (χ4v) is 6.09. The first-order valence-electron chi connectivity index (χ1n) is 10.2. The molecule has 2 aliphatic carbocycles. The molecule has 0 aromatic rings. The second-order valence-corrected chi connectivity index (χ2v) is 9.12. The monoisotopic (exact) mass is 382 g/mol. The third kappa shape index (κ3) is 2.89. The summed E-state index contributed by atoms with van der Waals surface area (Å²) in [5.41, 5.74) is -1.03. The van der Waals surface area contributed by atoms with E-state index in [1.165, 1.54) is 0 Å². The summed E-state index contributed by atoms with van der Waals surface area (Å²) in [5.74, 6) is -0.471. The summed E-state index contributed by atoms with van der Waals surface area (Å²) < 4.78 is 12.0. The first-order valence-corrected chi connectivity index (χ1v) is 10.2. The topological polar surface area (TPSA) is 91.3 Å². The molecule has 1 unspecified atom stereocenters. The Morgan fingerprint density at radius 3 is 2.63 bits per heavy atom. The number of rotatable bonds is 4. The molecule has 2 saturated carbocycles. The molecule has 8 atom stereocenters. The van der Waals surface area contributed by atoms with Crippen LogP contribution in [0.3, 0.4) is 0 Å². The minimum Gasteiger partial charge on any atom is -0.481 e. The maximum Gasteiger partial charge on any atom is 0.308 e. The third-order valence-corrected chi connectivity index (χ3v) is 7.43. The van der Waals surface area contributed by atoms with Gasteiger partial charge in [-0.3, -0.25) is 9.59 Å². The summed E-state index contributed by atoms with van der Waals surface area (Å²) in [6.45, 7) is 6.37. The number of esters is 1. The molecule has 4 rings (SSSR count). The molecule has 4 aliphatic rings. The summed E-state index contributed by atoms with van der Waals surface area (Å²) in [6, 6.07) is 0. The van der Waals surface area contributed by atoms with Crippen molar-refractivity contribution >= 4 is 11.9 Å². The van der Waals surface area contributed by atoms with Gasteiger partial charge >= 0.3 is 11.9 Å². The van der Waals surface area contributed by atoms with Crippen LogP contribution in [0.2, 0.25) is 0 Å². The standard InChI is InChI=1S/C20H30O7/c1-11-6-7-14-12(2)17(24-16(23)9-8-15(21)22)25-18-19(3)10-4-5-13(11)20(14,18)27-26-19/h11-14,17-18H,4-10H2,1-3H3,(H,21,22)/t11-,12-,13+,14+,17?,18-,19+,20-/m1/s1. The minimum absolute atomic E-state index is 0.0333. The predicted molar refractivity (Wildman–Crippen MR) is 93.3 cm³/mol. The SMILES string of the molecule is C[C@@H]1CC[C@H]2[C@@H](C)C(OC(=O)CCC(=O)O)O[C@H]3[C@]24OO[C@@]3(C)CCC[C@@H]14. The van der Waals surface area contributed by atoms with Gasteiger partial charge in [-0.1, -0.05) is 13.8 Å². The van der Waals surface area contributed by atoms with Gasteiger partial charge < -0.3 is 14.6 Å². The van der Waals surface area contributed by atoms with Crippen LogP contribution in [0.5, 0.6) is 0 Å². The molecular formula is C20H30O7. The van der Waals surface area contributed by atoms with Crippen LogP contribution in [0.1, 0.15) is 65.7 Å². The number of aliphatic carboxylic acids is 1. The van der Waals surface area contributed by atoms with Crippen molar-refractivity contribution in [2.75, 3.05) is 0 Å². The van der Waals surface area contributed by atoms with Crippen molar-refractivity contribution in [3.63, 3.8) is 0 Å². The number of carbonyl (C=O) groups excluding carboxylic acids is 1. The van der Waals surface area contributed by atoms with Gasteiger partial charge in [0.15, 0.2) is 0 Å². The minimum atomic E-state index is -1.01. The molecule has 2 saturated heterocycles. The van der Waals surface area contributed by atoms with E-state index in [1.54, 1.807) is 0 Å². The van der Waals surface area contributed by atoms with E-state index in [0.717, 1.165) is 32.1 Å². The highest BCUT2D eigenvalue weighted by Gasteiger charge is 2.72. The van der Waals surface area contributed by atoms with Gasteiger partial charge in [0.05, 0.1) is 12.8 Å². The number of carbonyl (C=O) groups is 2. The van der Waals surface area contributed by atoms with Crippen LogP contribution in [0.25, 0.3) is 0 Å². The van der Waals surface area contributed by atoms with Crippen molar-refractivity contribution in [3.8, 4) is 0 Å². The zero-order valence-electron chi connectivity index (χ0n) is 16.3. The Morgan fingerprint density at radius 1 is 1.11 bits per heavy atom. The summed E-state index contributed by atoms with van der Waals surface area (Å²) in [4.78, 5) is 34.9. The Kier molecular flexibility index (Phi) is 4.76. The normalized spacial score (nSPS) is 48.4. The molecular weight excluding hydrogens is 352 g/mol. The second-order valence-electron chi connectivity index (χ2n) is 9.12. The molecule has 2 bridgehead atoms. The van der Waals surface area contributed by atoms with Gasteiger partial charge in [-0.15, -0.1) is 0 Å². The highest BCUT2D eigenvalue weighted by atomic mass is 17.2. The first kappa shape index (κ1) is 19.2. The van der Waals surface area contributed by atoms with Crippen molar-refractivity contribution in [2.45, 2.75) is 89.3 Å². The fourth-order valence-electron chi connectivity index (χ4n) is 6.09. The zero-order valence-corrected chi connectivity index (χ0v) is 16.3. The lowest BCUT2D eigenvalue weighted by atomic mass is 9.56. The Hall–Kier alpha value is -1.18. The van der Waals surface area contributed by atoms with Crippen molar-refractivity contribution in [1.82, 2.24) is 0 Å². The second kappa shape index (κ2) is 6.71. The van der Waals surface area contributed by atoms with Gasteiger partial charge in [0, 0.05) is 11.8 Å². The molecule has 4 fully saturated rings. The van der Waals surface area contributed by atoms with Crippen LogP contribution in [-0.4, -0.2) is 40.6 Å². The van der Waals surface area contributed by atoms with Crippen molar-refractivity contribution in [2.24, 2.45) is 23.7 Å². The van der Waals surface area contributed by atoms with Crippen molar-refractivity contribution in [3.05, 3.63) is 0 Å². The quantitative estimate of drug-likeness (QED) is 0.590. The smallest absolute Gasteiger partial charge is 0.308 e. The lowest BCUT2D eigenvalue weighted by Crippen LogP contribution is -2.67. The highest BCUT2D eigenvalue weighted by molar-refractivity contribution is 5.76. The highest BCUT2D eigenvalue weighted by Crippen LogP contribution is 2.62. The van der Waals surface area contributed by atoms with Crippen LogP contribution < -0.4 is 0 Å². The Morgan fingerprint density at radius 2 is 1.89 bits per heavy atom. The maximum atomic E-state index is 12.1. The van der Waals surface area contributed by atoms with E-state index in [0.29, 0.717) is 11.8 Å². The molecule has 2 heterocycles. The summed E-state index contributed by atoms with van der Waals surface area (Å²) in [5, 5.41) is 8.79. The van der Waals surface area contributed by atoms with Crippen LogP contribution >= 0.6 is 0 Å². The van der Waals surface area contributed by atoms with Crippen molar-refractivity contribution < 1.29 is 33.9 Å². The largest absolute Gasteiger partial charge is 0.481 e. The number of hydrogen-bond donors (Lipinski definition) is 1. The fraction of sp³-hybridized carbons (Fsp3) is 0.900. The van der Waals surface area contributed by atoms with E-state index in [-0.39, 0.29) is 30.8 Å². The van der Waals surface area contributed by atoms with Crippen LogP contribution in [-0.2, 0) is 28.8 Å². The number of carboxylic acid groups (broad SMARTS) is 1. The Labute approximate surface area is 159 Å². The molecule has 2 aliphatic heterocycles. The van der Waals surface area contributed by atoms with Crippen LogP contribution in [0, 0.1) is 23.7 Å². The van der Waals surface area contributed by atoms with Crippen molar-refractivity contribution in [1.29, 1.82) is 0 Å². The first-order chi connectivity index (χ1) is 12.8. The molecule has 1 N–H and O–H groups in total. The lowest BCUT2D eigenvalue weighted by Gasteiger charge is -2.56. The molecule has 0 aromatic heterocycles. The molecule has 0 aromatic carbocycles. The average molecular weight is 382 g/mol. The molecule has 152 valence electrons. The summed E-state index contributed by atoms with van der Waals surface area (Å²) in [6.07, 6.45) is 3.78. The van der Waals surface area contributed by atoms with E-state index in [9.17, 15) is 9.59 Å². The molecule has 0 amide bonds. The van der Waals surface area contributed by atoms with Gasteiger partial charge in [0.2, 0.25) is 6.29 Å². The van der Waals surface area contributed by atoms with Gasteiger partial charge in [-0.05, 0) is 50.9 Å². The molecule has 1 spiro atoms. The number of hydrogen-bond acceptors (Lipinski definition) is 6. The van der Waals surface area contributed by atoms with Gasteiger partial charge in [-0.25, -0.2) is 9.78 Å². The summed E-state index contributed by atoms with van der Waals surface area (Å²) in [7, 11) is 0. The Balaban J connectivity index is 1.61. The van der Waals surface area contributed by atoms with E-state index < -0.39 is 29.4 Å². The predicted octanol–water partition coefficient (Wildman–Crippen LogP) is 3.06. The molecule has 7 heteroatoms. The van der Waals surface area contributed by atoms with E-state index in [2.05, 4.69) is 6.92 Å². The van der Waals surface area contributed by atoms with Gasteiger partial charge in [0.25, 0.3) is 0 Å². The molecule has 0 radical (unpaired) electrons.